The number of aromatic nitrogens is 4. The second kappa shape index (κ2) is 16.8. The quantitative estimate of drug-likeness (QED) is 0.117. The number of rotatable bonds is 7. The van der Waals surface area contributed by atoms with Crippen LogP contribution >= 0.6 is 0 Å². The molecule has 6 aromatic carbocycles. The number of imidazole rings is 1. The van der Waals surface area contributed by atoms with Crippen LogP contribution in [0.3, 0.4) is 0 Å². The average molecular weight is 1040 g/mol. The van der Waals surface area contributed by atoms with Gasteiger partial charge in [-0.3, -0.25) is 4.98 Å². The van der Waals surface area contributed by atoms with E-state index in [1.165, 1.54) is 26.9 Å². The molecule has 4 heterocycles. The fourth-order valence-electron chi connectivity index (χ4n) is 8.40. The fourth-order valence-corrected chi connectivity index (χ4v) is 11.9. The predicted molar refractivity (Wildman–Crippen MR) is 251 cm³/mol. The van der Waals surface area contributed by atoms with Crippen molar-refractivity contribution in [2.45, 2.75) is 76.6 Å². The summed E-state index contributed by atoms with van der Waals surface area (Å²) >= 11 is -2.21. The summed E-state index contributed by atoms with van der Waals surface area (Å²) in [5, 5.41) is 4.20. The molecular weight excluding hydrogens is 989 g/mol. The Labute approximate surface area is 374 Å². The van der Waals surface area contributed by atoms with Gasteiger partial charge in [0.25, 0.3) is 0 Å². The van der Waals surface area contributed by atoms with Crippen molar-refractivity contribution in [1.82, 2.24) is 19.5 Å². The van der Waals surface area contributed by atoms with Crippen molar-refractivity contribution in [3.05, 3.63) is 150 Å². The first kappa shape index (κ1) is 42.4. The molecule has 1 radical (unpaired) electrons. The van der Waals surface area contributed by atoms with E-state index in [0.29, 0.717) is 23.6 Å². The third-order valence-corrected chi connectivity index (χ3v) is 15.2. The molecule has 61 heavy (non-hydrogen) atoms. The Hall–Kier alpha value is -5.34. The van der Waals surface area contributed by atoms with E-state index < -0.39 is 13.3 Å². The molecular formula is C53H50GeIrN4O2-2. The molecule has 0 fully saturated rings. The molecule has 0 aliphatic heterocycles. The first-order valence-corrected chi connectivity index (χ1v) is 28.4. The smallest absolute Gasteiger partial charge is 0 e. The Morgan fingerprint density at radius 1 is 0.590 bits per heavy atom. The third kappa shape index (κ3) is 7.77. The molecule has 0 aliphatic carbocycles. The van der Waals surface area contributed by atoms with Crippen LogP contribution in [0.1, 0.15) is 76.0 Å². The summed E-state index contributed by atoms with van der Waals surface area (Å²) in [6.45, 7) is 13.5. The zero-order chi connectivity index (χ0) is 41.9. The molecule has 10 rings (SSSR count). The maximum Gasteiger partial charge on any atom is 0 e. The molecule has 0 bridgehead atoms. The summed E-state index contributed by atoms with van der Waals surface area (Å²) in [5.74, 6) is 10.0. The minimum atomic E-state index is -2.21. The van der Waals surface area contributed by atoms with Gasteiger partial charge in [-0.1, -0.05) is 64.1 Å². The summed E-state index contributed by atoms with van der Waals surface area (Å²) in [4.78, 5) is 14.9. The maximum absolute atomic E-state index is 6.43. The molecule has 0 amide bonds. The second-order valence-corrected chi connectivity index (χ2v) is 28.1. The summed E-state index contributed by atoms with van der Waals surface area (Å²) in [7, 11) is 0. The van der Waals surface area contributed by atoms with Crippen LogP contribution < -0.4 is 4.53 Å². The van der Waals surface area contributed by atoms with Gasteiger partial charge in [-0.05, 0) is 35.1 Å². The zero-order valence-corrected chi connectivity index (χ0v) is 40.7. The molecule has 0 aliphatic rings. The van der Waals surface area contributed by atoms with Crippen LogP contribution in [0.25, 0.3) is 83.4 Å². The number of hydrogen-bond donors (Lipinski definition) is 0. The van der Waals surface area contributed by atoms with Gasteiger partial charge in [0.05, 0.1) is 16.9 Å². The van der Waals surface area contributed by atoms with Crippen molar-refractivity contribution in [2.75, 3.05) is 0 Å². The first-order valence-electron chi connectivity index (χ1n) is 21.0. The van der Waals surface area contributed by atoms with E-state index in [1.54, 1.807) is 0 Å². The Kier molecular flexibility index (Phi) is 11.7. The van der Waals surface area contributed by atoms with E-state index in [2.05, 4.69) is 142 Å². The van der Waals surface area contributed by atoms with E-state index in [-0.39, 0.29) is 20.1 Å². The molecule has 8 heteroatoms. The van der Waals surface area contributed by atoms with Gasteiger partial charge in [-0.15, -0.1) is 35.9 Å². The van der Waals surface area contributed by atoms with Crippen molar-refractivity contribution in [2.24, 2.45) is 0 Å². The van der Waals surface area contributed by atoms with E-state index in [1.807, 2.05) is 54.7 Å². The van der Waals surface area contributed by atoms with Crippen LogP contribution in [0, 0.1) is 12.1 Å². The van der Waals surface area contributed by atoms with Gasteiger partial charge in [0.1, 0.15) is 0 Å². The van der Waals surface area contributed by atoms with E-state index in [0.717, 1.165) is 71.9 Å². The van der Waals surface area contributed by atoms with Crippen LogP contribution in [-0.4, -0.2) is 32.8 Å². The summed E-state index contributed by atoms with van der Waals surface area (Å²) in [6, 6.07) is 46.1. The Bertz CT molecular complexity index is 3160. The van der Waals surface area contributed by atoms with Crippen LogP contribution in [-0.2, 0) is 20.1 Å². The Morgan fingerprint density at radius 3 is 1.93 bits per heavy atom. The van der Waals surface area contributed by atoms with E-state index in [4.69, 9.17) is 23.8 Å². The molecule has 0 N–H and O–H groups in total. The monoisotopic (exact) mass is 1040 g/mol. The van der Waals surface area contributed by atoms with E-state index >= 15 is 0 Å². The molecule has 6 nitrogen and oxygen atoms in total. The summed E-state index contributed by atoms with van der Waals surface area (Å²) in [5.41, 5.74) is 12.6. The van der Waals surface area contributed by atoms with Gasteiger partial charge in [0, 0.05) is 25.8 Å². The Morgan fingerprint density at radius 2 is 1.25 bits per heavy atom. The maximum atomic E-state index is 6.43. The number of fused-ring (bicyclic) bond motifs is 7. The van der Waals surface area contributed by atoms with Crippen molar-refractivity contribution in [1.29, 1.82) is 0 Å². The van der Waals surface area contributed by atoms with Gasteiger partial charge >= 0.3 is 189 Å². The normalized spacial score (nSPS) is 12.0. The molecule has 0 saturated heterocycles. The summed E-state index contributed by atoms with van der Waals surface area (Å²) < 4.78 is 16.1. The minimum Gasteiger partial charge on any atom is 0 e. The second-order valence-electron chi connectivity index (χ2n) is 17.7. The van der Waals surface area contributed by atoms with Crippen molar-refractivity contribution in [3.63, 3.8) is 0 Å². The van der Waals surface area contributed by atoms with Crippen molar-refractivity contribution < 1.29 is 28.9 Å². The number of para-hydroxylation sites is 4. The van der Waals surface area contributed by atoms with Gasteiger partial charge in [0.15, 0.2) is 0 Å². The van der Waals surface area contributed by atoms with Crippen LogP contribution in [0.15, 0.2) is 130 Å². The van der Waals surface area contributed by atoms with Crippen LogP contribution in [0.2, 0.25) is 17.3 Å². The van der Waals surface area contributed by atoms with Crippen molar-refractivity contribution >= 4 is 72.7 Å². The number of benzene rings is 6. The van der Waals surface area contributed by atoms with Gasteiger partial charge in [-0.2, -0.15) is 0 Å². The molecule has 10 aromatic rings. The number of furan rings is 2. The number of hydrogen-bond acceptors (Lipinski definition) is 5. The van der Waals surface area contributed by atoms with Crippen molar-refractivity contribution in [3.8, 4) is 28.5 Å². The largest absolute Gasteiger partial charge is 0 e. The van der Waals surface area contributed by atoms with Gasteiger partial charge in [-0.25, -0.2) is 0 Å². The molecule has 0 saturated carbocycles. The SMILES string of the molecule is CC(C)c1cccc(C(C)C)c1-n1c(-c2[c-]cccc2)nc2ccccc21.CC(C)c1cnc(-c2[c-]ccc3c2oc2cc4c(cc23)oc2ccccc24)n[c]1[Ge]([CH3])([CH3])[CH3].[Ir]. The van der Waals surface area contributed by atoms with E-state index in [9.17, 15) is 0 Å². The molecule has 0 atom stereocenters. The molecule has 4 aromatic heterocycles. The minimum absolute atomic E-state index is 0. The van der Waals surface area contributed by atoms with Gasteiger partial charge < -0.3 is 4.57 Å². The predicted octanol–water partition coefficient (Wildman–Crippen LogP) is 14.1. The molecule has 309 valence electrons. The average Bonchev–Trinajstić information content (AvgIpc) is 3.93. The number of nitrogens with zero attached hydrogens (tertiary/aromatic N) is 4. The zero-order valence-electron chi connectivity index (χ0n) is 36.2. The molecule has 0 unspecified atom stereocenters. The van der Waals surface area contributed by atoms with Crippen LogP contribution in [0.4, 0.5) is 0 Å². The van der Waals surface area contributed by atoms with Crippen LogP contribution in [0.5, 0.6) is 0 Å². The fraction of sp³-hybridized carbons (Fsp3) is 0.226. The third-order valence-electron chi connectivity index (χ3n) is 11.4. The topological polar surface area (TPSA) is 69.9 Å². The van der Waals surface area contributed by atoms with Gasteiger partial charge in [0.2, 0.25) is 0 Å². The Balaban J connectivity index is 0.000000169. The first-order chi connectivity index (χ1) is 28.9. The molecule has 0 spiro atoms. The standard InChI is InChI=1S/C28H25GeN2O2.C25H25N2.Ir/c1-16(2)22-15-30-28(31-27(22)29(3,4)5)19-11-8-10-18-21-14-24-20(13-25(21)33-26(18)19)17-9-6-7-12-23(17)32-24;1-17(2)20-13-10-14-21(18(3)4)24(20)27-23-16-9-8-15-22(23)26-25(27)19-11-6-5-7-12-19;/h6-10,12-16H,1-5H3;5-11,13-18H,1-4H3;/q2*-1;. The summed E-state index contributed by atoms with van der Waals surface area (Å²) in [6.07, 6.45) is 2.01.